The van der Waals surface area contributed by atoms with Crippen LogP contribution in [0.1, 0.15) is 50.5 Å². The molecule has 4 aliphatic carbocycles. The van der Waals surface area contributed by atoms with Gasteiger partial charge in [-0.1, -0.05) is 11.3 Å². The molecule has 4 heteroatoms. The first kappa shape index (κ1) is 12.1. The van der Waals surface area contributed by atoms with Crippen LogP contribution in [0.25, 0.3) is 0 Å². The standard InChI is InChI=1S/C15H23N3S/c1-9(16-14-18-17-10(2)19-14)15-6-11-3-12(7-15)5-13(4-11)8-15/h9,11-13H,3-8H2,1-2H3,(H,16,18). The number of aryl methyl sites for hydroxylation is 1. The van der Waals surface area contributed by atoms with Crippen molar-refractivity contribution in [3.63, 3.8) is 0 Å². The van der Waals surface area contributed by atoms with Gasteiger partial charge in [-0.15, -0.1) is 10.2 Å². The highest BCUT2D eigenvalue weighted by molar-refractivity contribution is 7.15. The zero-order valence-electron chi connectivity index (χ0n) is 11.9. The summed E-state index contributed by atoms with van der Waals surface area (Å²) >= 11 is 1.69. The highest BCUT2D eigenvalue weighted by Gasteiger charge is 2.53. The van der Waals surface area contributed by atoms with Gasteiger partial charge in [-0.3, -0.25) is 0 Å². The third-order valence-corrected chi connectivity index (χ3v) is 6.64. The van der Waals surface area contributed by atoms with Crippen molar-refractivity contribution in [1.82, 2.24) is 10.2 Å². The van der Waals surface area contributed by atoms with Crippen molar-refractivity contribution in [2.75, 3.05) is 5.32 Å². The molecule has 0 aromatic carbocycles. The lowest BCUT2D eigenvalue weighted by atomic mass is 9.48. The van der Waals surface area contributed by atoms with Crippen LogP contribution >= 0.6 is 11.3 Å². The van der Waals surface area contributed by atoms with Gasteiger partial charge >= 0.3 is 0 Å². The van der Waals surface area contributed by atoms with Crippen LogP contribution in [0.2, 0.25) is 0 Å². The molecule has 1 atom stereocenters. The summed E-state index contributed by atoms with van der Waals surface area (Å²) in [5, 5.41) is 14.1. The molecule has 0 aliphatic heterocycles. The van der Waals surface area contributed by atoms with Gasteiger partial charge in [0.15, 0.2) is 0 Å². The van der Waals surface area contributed by atoms with Crippen molar-refractivity contribution in [3.8, 4) is 0 Å². The van der Waals surface area contributed by atoms with Crippen LogP contribution in [0.15, 0.2) is 0 Å². The van der Waals surface area contributed by atoms with Crippen LogP contribution in [0.3, 0.4) is 0 Å². The number of hydrogen-bond donors (Lipinski definition) is 1. The summed E-state index contributed by atoms with van der Waals surface area (Å²) < 4.78 is 0. The molecule has 4 aliphatic rings. The minimum Gasteiger partial charge on any atom is -0.357 e. The Morgan fingerprint density at radius 3 is 2.16 bits per heavy atom. The number of anilines is 1. The summed E-state index contributed by atoms with van der Waals surface area (Å²) in [5.74, 6) is 3.06. The van der Waals surface area contributed by atoms with Gasteiger partial charge in [-0.2, -0.15) is 0 Å². The predicted octanol–water partition coefficient (Wildman–Crippen LogP) is 3.86. The monoisotopic (exact) mass is 277 g/mol. The molecular weight excluding hydrogens is 254 g/mol. The smallest absolute Gasteiger partial charge is 0.205 e. The Bertz CT molecular complexity index is 446. The van der Waals surface area contributed by atoms with Crippen LogP contribution in [-0.4, -0.2) is 16.2 Å². The summed E-state index contributed by atoms with van der Waals surface area (Å²) in [6.45, 7) is 4.40. The van der Waals surface area contributed by atoms with Gasteiger partial charge in [-0.25, -0.2) is 0 Å². The summed E-state index contributed by atoms with van der Waals surface area (Å²) in [6.07, 6.45) is 8.90. The molecule has 3 nitrogen and oxygen atoms in total. The Hall–Kier alpha value is -0.640. The van der Waals surface area contributed by atoms with E-state index in [1.807, 2.05) is 6.92 Å². The van der Waals surface area contributed by atoms with Crippen LogP contribution in [0.4, 0.5) is 5.13 Å². The van der Waals surface area contributed by atoms with Crippen molar-refractivity contribution < 1.29 is 0 Å². The van der Waals surface area contributed by atoms with Gasteiger partial charge in [-0.05, 0) is 75.5 Å². The van der Waals surface area contributed by atoms with Crippen LogP contribution in [0.5, 0.6) is 0 Å². The first-order valence-corrected chi connectivity index (χ1v) is 8.51. The van der Waals surface area contributed by atoms with Crippen molar-refractivity contribution in [2.45, 2.75) is 58.4 Å². The quantitative estimate of drug-likeness (QED) is 0.911. The largest absolute Gasteiger partial charge is 0.357 e. The molecule has 1 N–H and O–H groups in total. The van der Waals surface area contributed by atoms with E-state index in [1.54, 1.807) is 11.3 Å². The molecule has 4 saturated carbocycles. The molecule has 1 heterocycles. The van der Waals surface area contributed by atoms with Crippen molar-refractivity contribution in [3.05, 3.63) is 5.01 Å². The second-order valence-electron chi connectivity index (χ2n) is 7.27. The van der Waals surface area contributed by atoms with Crippen molar-refractivity contribution in [1.29, 1.82) is 0 Å². The molecule has 0 radical (unpaired) electrons. The predicted molar refractivity (Wildman–Crippen MR) is 78.3 cm³/mol. The minimum absolute atomic E-state index is 0.549. The summed E-state index contributed by atoms with van der Waals surface area (Å²) in [6, 6.07) is 0.549. The number of aromatic nitrogens is 2. The van der Waals surface area contributed by atoms with E-state index in [9.17, 15) is 0 Å². The Morgan fingerprint density at radius 2 is 1.68 bits per heavy atom. The molecule has 104 valence electrons. The molecule has 4 fully saturated rings. The SMILES string of the molecule is Cc1nnc(NC(C)C23CC4CC(CC(C4)C2)C3)s1. The fourth-order valence-electron chi connectivity index (χ4n) is 5.40. The van der Waals surface area contributed by atoms with Crippen LogP contribution in [0, 0.1) is 30.1 Å². The maximum atomic E-state index is 4.24. The zero-order chi connectivity index (χ0) is 13.0. The first-order valence-electron chi connectivity index (χ1n) is 7.70. The molecule has 1 aromatic rings. The fraction of sp³-hybridized carbons (Fsp3) is 0.867. The lowest BCUT2D eigenvalue weighted by Crippen LogP contribution is -2.52. The van der Waals surface area contributed by atoms with Gasteiger partial charge in [0.2, 0.25) is 5.13 Å². The van der Waals surface area contributed by atoms with Crippen LogP contribution < -0.4 is 5.32 Å². The number of hydrogen-bond acceptors (Lipinski definition) is 4. The molecule has 1 unspecified atom stereocenters. The molecule has 0 saturated heterocycles. The van der Waals surface area contributed by atoms with E-state index in [2.05, 4.69) is 22.4 Å². The highest BCUT2D eigenvalue weighted by Crippen LogP contribution is 2.61. The second-order valence-corrected chi connectivity index (χ2v) is 8.45. The van der Waals surface area contributed by atoms with Crippen molar-refractivity contribution >= 4 is 16.5 Å². The van der Waals surface area contributed by atoms with E-state index >= 15 is 0 Å². The maximum Gasteiger partial charge on any atom is 0.205 e. The van der Waals surface area contributed by atoms with Gasteiger partial charge in [0.1, 0.15) is 5.01 Å². The van der Waals surface area contributed by atoms with E-state index in [0.29, 0.717) is 11.5 Å². The molecule has 5 rings (SSSR count). The number of rotatable bonds is 3. The van der Waals surface area contributed by atoms with E-state index in [1.165, 1.54) is 38.5 Å². The van der Waals surface area contributed by atoms with Gasteiger partial charge in [0.25, 0.3) is 0 Å². The number of nitrogens with one attached hydrogen (secondary N) is 1. The highest BCUT2D eigenvalue weighted by atomic mass is 32.1. The third-order valence-electron chi connectivity index (χ3n) is 5.87. The summed E-state index contributed by atoms with van der Waals surface area (Å²) in [7, 11) is 0. The summed E-state index contributed by atoms with van der Waals surface area (Å²) in [5.41, 5.74) is 0.550. The number of nitrogens with zero attached hydrogens (tertiary/aromatic N) is 2. The maximum absolute atomic E-state index is 4.24. The zero-order valence-corrected chi connectivity index (χ0v) is 12.7. The molecule has 19 heavy (non-hydrogen) atoms. The topological polar surface area (TPSA) is 37.8 Å². The van der Waals surface area contributed by atoms with E-state index in [0.717, 1.165) is 27.9 Å². The molecule has 0 amide bonds. The summed E-state index contributed by atoms with van der Waals surface area (Å²) in [4.78, 5) is 0. The van der Waals surface area contributed by atoms with E-state index in [-0.39, 0.29) is 0 Å². The van der Waals surface area contributed by atoms with Gasteiger partial charge < -0.3 is 5.32 Å². The Balaban J connectivity index is 1.54. The Labute approximate surface area is 119 Å². The Morgan fingerprint density at radius 1 is 1.11 bits per heavy atom. The van der Waals surface area contributed by atoms with Gasteiger partial charge in [0, 0.05) is 6.04 Å². The molecular formula is C15H23N3S. The fourth-order valence-corrected chi connectivity index (χ4v) is 6.08. The minimum atomic E-state index is 0.549. The van der Waals surface area contributed by atoms with E-state index in [4.69, 9.17) is 0 Å². The lowest BCUT2D eigenvalue weighted by molar-refractivity contribution is -0.0602. The van der Waals surface area contributed by atoms with Gasteiger partial charge in [0.05, 0.1) is 0 Å². The Kier molecular flexibility index (Phi) is 2.66. The molecule has 1 aromatic heterocycles. The first-order chi connectivity index (χ1) is 9.13. The normalized spacial score (nSPS) is 41.5. The average molecular weight is 277 g/mol. The molecule has 0 spiro atoms. The average Bonchev–Trinajstić information content (AvgIpc) is 2.73. The van der Waals surface area contributed by atoms with E-state index < -0.39 is 0 Å². The third kappa shape index (κ3) is 1.99. The molecule has 4 bridgehead atoms. The van der Waals surface area contributed by atoms with Crippen molar-refractivity contribution in [2.24, 2.45) is 23.2 Å². The van der Waals surface area contributed by atoms with Crippen LogP contribution in [-0.2, 0) is 0 Å². The second kappa shape index (κ2) is 4.18. The lowest BCUT2D eigenvalue weighted by Gasteiger charge is -2.59.